The quantitative estimate of drug-likeness (QED) is 0.431. The van der Waals surface area contributed by atoms with Gasteiger partial charge in [0.2, 0.25) is 0 Å². The molecule has 0 bridgehead atoms. The highest BCUT2D eigenvalue weighted by atomic mass is 35.5. The van der Waals surface area contributed by atoms with Crippen LogP contribution in [-0.4, -0.2) is 73.9 Å². The smallest absolute Gasteiger partial charge is 0.255 e. The van der Waals surface area contributed by atoms with E-state index in [1.54, 1.807) is 25.6 Å². The van der Waals surface area contributed by atoms with Crippen molar-refractivity contribution in [3.05, 3.63) is 52.9 Å². The Balaban J connectivity index is 1.43. The molecular formula is C27H30ClN5O4. The number of hydrogen-bond acceptors (Lipinski definition) is 7. The van der Waals surface area contributed by atoms with E-state index in [-0.39, 0.29) is 17.4 Å². The van der Waals surface area contributed by atoms with Gasteiger partial charge >= 0.3 is 0 Å². The van der Waals surface area contributed by atoms with E-state index >= 15 is 0 Å². The van der Waals surface area contributed by atoms with Crippen molar-refractivity contribution in [1.29, 1.82) is 0 Å². The van der Waals surface area contributed by atoms with Crippen LogP contribution >= 0.6 is 11.6 Å². The fourth-order valence-electron chi connectivity index (χ4n) is 5.26. The lowest BCUT2D eigenvalue weighted by atomic mass is 9.93. The number of aromatic nitrogens is 2. The van der Waals surface area contributed by atoms with Gasteiger partial charge in [-0.25, -0.2) is 0 Å². The highest BCUT2D eigenvalue weighted by molar-refractivity contribution is 6.32. The van der Waals surface area contributed by atoms with Gasteiger partial charge in [0.25, 0.3) is 5.91 Å². The first kappa shape index (κ1) is 24.1. The zero-order chi connectivity index (χ0) is 25.6. The summed E-state index contributed by atoms with van der Waals surface area (Å²) >= 11 is 6.41. The average Bonchev–Trinajstić information content (AvgIpc) is 3.58. The Kier molecular flexibility index (Phi) is 6.22. The first-order valence-electron chi connectivity index (χ1n) is 12.5. The number of benzene rings is 1. The van der Waals surface area contributed by atoms with Crippen molar-refractivity contribution in [1.82, 2.24) is 20.2 Å². The number of hydrogen-bond donors (Lipinski definition) is 3. The molecule has 3 N–H and O–H groups in total. The summed E-state index contributed by atoms with van der Waals surface area (Å²) in [7, 11) is 3.65. The molecule has 1 aliphatic carbocycles. The third kappa shape index (κ3) is 4.41. The number of nitrogens with zero attached hydrogens (tertiary/aromatic N) is 2. The molecule has 1 saturated carbocycles. The molecule has 3 aromatic rings. The first-order chi connectivity index (χ1) is 18.0. The van der Waals surface area contributed by atoms with Crippen LogP contribution in [0.4, 0.5) is 11.4 Å². The second-order valence-corrected chi connectivity index (χ2v) is 10.4. The summed E-state index contributed by atoms with van der Waals surface area (Å²) in [6.07, 6.45) is 5.44. The Hall–Kier alpha value is -3.27. The Morgan fingerprint density at radius 3 is 2.97 bits per heavy atom. The van der Waals surface area contributed by atoms with Crippen molar-refractivity contribution in [2.24, 2.45) is 0 Å². The number of H-pyrrole nitrogens is 1. The van der Waals surface area contributed by atoms with Crippen LogP contribution in [0.5, 0.6) is 11.5 Å². The van der Waals surface area contributed by atoms with Gasteiger partial charge in [0.15, 0.2) is 5.75 Å². The second-order valence-electron chi connectivity index (χ2n) is 9.97. The molecule has 6 rings (SSSR count). The van der Waals surface area contributed by atoms with Crippen LogP contribution in [0.1, 0.15) is 28.9 Å². The number of anilines is 2. The number of para-hydroxylation sites is 1. The number of nitrogens with one attached hydrogen (secondary N) is 3. The molecular weight excluding hydrogens is 494 g/mol. The molecule has 1 amide bonds. The molecule has 2 aliphatic heterocycles. The van der Waals surface area contributed by atoms with E-state index < -0.39 is 0 Å². The number of carbonyl (C=O) groups is 1. The normalized spacial score (nSPS) is 20.3. The second kappa shape index (κ2) is 9.55. The number of pyridine rings is 1. The van der Waals surface area contributed by atoms with E-state index in [9.17, 15) is 4.79 Å². The minimum absolute atomic E-state index is 0.0301. The van der Waals surface area contributed by atoms with Crippen LogP contribution in [0.15, 0.2) is 36.7 Å². The zero-order valence-electron chi connectivity index (χ0n) is 20.9. The third-order valence-electron chi connectivity index (χ3n) is 7.45. The maximum atomic E-state index is 13.2. The monoisotopic (exact) mass is 523 g/mol. The third-order valence-corrected chi connectivity index (χ3v) is 7.75. The predicted octanol–water partition coefficient (Wildman–Crippen LogP) is 3.97. The van der Waals surface area contributed by atoms with Crippen LogP contribution in [0.3, 0.4) is 0 Å². The molecule has 1 saturated heterocycles. The van der Waals surface area contributed by atoms with Crippen molar-refractivity contribution >= 4 is 28.9 Å². The average molecular weight is 524 g/mol. The summed E-state index contributed by atoms with van der Waals surface area (Å²) in [6.45, 7) is 3.43. The van der Waals surface area contributed by atoms with Gasteiger partial charge in [-0.2, -0.15) is 0 Å². The molecule has 194 valence electrons. The molecule has 1 spiro atoms. The van der Waals surface area contributed by atoms with Gasteiger partial charge in [-0.05, 0) is 38.1 Å². The molecule has 2 aromatic heterocycles. The first-order valence-corrected chi connectivity index (χ1v) is 12.9. The van der Waals surface area contributed by atoms with E-state index in [1.165, 1.54) is 0 Å². The van der Waals surface area contributed by atoms with E-state index in [2.05, 4.69) is 32.5 Å². The highest BCUT2D eigenvalue weighted by Crippen LogP contribution is 2.54. The lowest BCUT2D eigenvalue weighted by molar-refractivity contribution is -0.0403. The summed E-state index contributed by atoms with van der Waals surface area (Å²) in [6, 6.07) is 7.39. The number of likely N-dealkylation sites (N-methyl/N-ethyl adjacent to an activating group) is 1. The van der Waals surface area contributed by atoms with Gasteiger partial charge in [-0.1, -0.05) is 17.7 Å². The van der Waals surface area contributed by atoms with Crippen molar-refractivity contribution in [2.45, 2.75) is 24.4 Å². The van der Waals surface area contributed by atoms with Crippen LogP contribution in [0, 0.1) is 0 Å². The molecule has 37 heavy (non-hydrogen) atoms. The van der Waals surface area contributed by atoms with Gasteiger partial charge in [0, 0.05) is 42.5 Å². The maximum absolute atomic E-state index is 13.2. The Morgan fingerprint density at radius 1 is 1.32 bits per heavy atom. The van der Waals surface area contributed by atoms with Crippen molar-refractivity contribution in [3.63, 3.8) is 0 Å². The minimum Gasteiger partial charge on any atom is -0.493 e. The Morgan fingerprint density at radius 2 is 2.19 bits per heavy atom. The largest absolute Gasteiger partial charge is 0.493 e. The van der Waals surface area contributed by atoms with Crippen molar-refractivity contribution < 1.29 is 19.0 Å². The lowest BCUT2D eigenvalue weighted by Crippen LogP contribution is -2.42. The van der Waals surface area contributed by atoms with Crippen LogP contribution in [0.2, 0.25) is 5.02 Å². The summed E-state index contributed by atoms with van der Waals surface area (Å²) in [5.41, 5.74) is 4.39. The zero-order valence-corrected chi connectivity index (χ0v) is 21.7. The number of aromatic amines is 1. The van der Waals surface area contributed by atoms with Crippen LogP contribution in [-0.2, 0) is 10.2 Å². The van der Waals surface area contributed by atoms with E-state index in [1.807, 2.05) is 18.2 Å². The molecule has 1 unspecified atom stereocenters. The summed E-state index contributed by atoms with van der Waals surface area (Å²) in [4.78, 5) is 23.4. The van der Waals surface area contributed by atoms with Crippen molar-refractivity contribution in [3.8, 4) is 22.8 Å². The fraction of sp³-hybridized carbons (Fsp3) is 0.407. The fourth-order valence-corrected chi connectivity index (χ4v) is 5.51. The number of ether oxygens (including phenoxy) is 3. The summed E-state index contributed by atoms with van der Waals surface area (Å²) in [5, 5.41) is 7.03. The molecule has 1 aromatic carbocycles. The van der Waals surface area contributed by atoms with E-state index in [4.69, 9.17) is 25.8 Å². The van der Waals surface area contributed by atoms with Crippen LogP contribution < -0.4 is 20.1 Å². The predicted molar refractivity (Wildman–Crippen MR) is 141 cm³/mol. The highest BCUT2D eigenvalue weighted by Gasteiger charge is 2.51. The van der Waals surface area contributed by atoms with Gasteiger partial charge in [-0.3, -0.25) is 9.78 Å². The van der Waals surface area contributed by atoms with Gasteiger partial charge < -0.3 is 34.7 Å². The van der Waals surface area contributed by atoms with Gasteiger partial charge in [0.1, 0.15) is 18.5 Å². The molecule has 4 heterocycles. The summed E-state index contributed by atoms with van der Waals surface area (Å²) in [5.74, 6) is 1.00. The maximum Gasteiger partial charge on any atom is 0.255 e. The Bertz CT molecular complexity index is 1340. The summed E-state index contributed by atoms with van der Waals surface area (Å²) < 4.78 is 17.7. The molecule has 2 fully saturated rings. The van der Waals surface area contributed by atoms with Crippen LogP contribution in [0.25, 0.3) is 11.3 Å². The number of rotatable bonds is 7. The minimum atomic E-state index is -0.117. The molecule has 9 nitrogen and oxygen atoms in total. The SMILES string of the molecule is COc1c(Cl)cccc1Nc1c(-c2ccncc2OCC2CN(C)CCO2)[nH]c2c1C(=O)NCC21CC1. The lowest BCUT2D eigenvalue weighted by Gasteiger charge is -2.30. The van der Waals surface area contributed by atoms with E-state index in [0.717, 1.165) is 42.9 Å². The number of carbonyl (C=O) groups excluding carboxylic acids is 1. The number of halogens is 1. The number of amides is 1. The van der Waals surface area contributed by atoms with Gasteiger partial charge in [-0.15, -0.1) is 0 Å². The molecule has 3 aliphatic rings. The standard InChI is InChI=1S/C27H30ClN5O4/c1-33-10-11-36-16(13-33)14-37-20-12-29-9-6-17(20)22-23(31-19-5-3-4-18(28)24(19)35-2)21-25(32-22)27(7-8-27)15-30-26(21)34/h3-6,9,12,16,31-32H,7-8,10-11,13-15H2,1-2H3,(H,30,34). The Labute approximate surface area is 220 Å². The molecule has 10 heteroatoms. The van der Waals surface area contributed by atoms with E-state index in [0.29, 0.717) is 53.2 Å². The molecule has 1 atom stereocenters. The number of morpholine rings is 1. The molecule has 0 radical (unpaired) electrons. The number of fused-ring (bicyclic) bond motifs is 2. The van der Waals surface area contributed by atoms with Crippen molar-refractivity contribution in [2.75, 3.05) is 52.3 Å². The topological polar surface area (TPSA) is 101 Å². The van der Waals surface area contributed by atoms with Gasteiger partial charge in [0.05, 0.1) is 47.6 Å². The number of methoxy groups -OCH3 is 1.